The van der Waals surface area contributed by atoms with Crippen LogP contribution in [0.4, 0.5) is 0 Å². The first-order chi connectivity index (χ1) is 15.5. The van der Waals surface area contributed by atoms with Crippen LogP contribution in [0.1, 0.15) is 23.6 Å². The number of halogens is 2. The number of aliphatic imine (C=N–C) groups is 1. The maximum atomic E-state index is 12.4. The zero-order valence-corrected chi connectivity index (χ0v) is 20.4. The molecule has 0 atom stereocenters. The molecule has 0 bridgehead atoms. The minimum atomic E-state index is -0.496. The first kappa shape index (κ1) is 22.3. The average molecular weight is 557 g/mol. The Hall–Kier alpha value is -2.90. The van der Waals surface area contributed by atoms with E-state index in [2.05, 4.69) is 36.9 Å². The number of hydrogen-bond acceptors (Lipinski definition) is 5. The summed E-state index contributed by atoms with van der Waals surface area (Å²) >= 11 is 6.89. The molecule has 5 nitrogen and oxygen atoms in total. The van der Waals surface area contributed by atoms with E-state index in [0.29, 0.717) is 24.7 Å². The third-order valence-electron chi connectivity index (χ3n) is 4.60. The molecule has 1 aliphatic rings. The zero-order chi connectivity index (χ0) is 22.5. The monoisotopic (exact) mass is 555 g/mol. The van der Waals surface area contributed by atoms with E-state index in [1.54, 1.807) is 6.08 Å². The summed E-state index contributed by atoms with van der Waals surface area (Å²) in [4.78, 5) is 16.7. The van der Waals surface area contributed by atoms with Crippen molar-refractivity contribution in [3.05, 3.63) is 98.1 Å². The average Bonchev–Trinajstić information content (AvgIpc) is 3.15. The van der Waals surface area contributed by atoms with E-state index in [1.807, 2.05) is 73.7 Å². The fourth-order valence-electron chi connectivity index (χ4n) is 3.06. The number of nitrogens with zero attached hydrogens (tertiary/aromatic N) is 1. The summed E-state index contributed by atoms with van der Waals surface area (Å²) < 4.78 is 18.9. The zero-order valence-electron chi connectivity index (χ0n) is 17.2. The number of rotatable bonds is 7. The lowest BCUT2D eigenvalue weighted by molar-refractivity contribution is -0.129. The van der Waals surface area contributed by atoms with Crippen LogP contribution in [0.2, 0.25) is 0 Å². The Kier molecular flexibility index (Phi) is 7.07. The number of ether oxygens (including phenoxy) is 3. The van der Waals surface area contributed by atoms with Crippen LogP contribution < -0.4 is 9.47 Å². The summed E-state index contributed by atoms with van der Waals surface area (Å²) in [6, 6.07) is 20.9. The number of carbonyl (C=O) groups is 1. The molecule has 0 saturated heterocycles. The molecule has 0 spiro atoms. The van der Waals surface area contributed by atoms with Gasteiger partial charge in [0.25, 0.3) is 0 Å². The Morgan fingerprint density at radius 1 is 0.969 bits per heavy atom. The standard InChI is InChI=1S/C25H19Br2NO4/c1-2-30-23-14-17(9-12-22(23)31-15-16-7-10-18(26)11-8-16)13-21-25(29)32-24(28-21)19-5-3-4-6-20(19)27/h3-14H,2,15H2,1H3/b21-13-. The van der Waals surface area contributed by atoms with Gasteiger partial charge in [-0.15, -0.1) is 0 Å². The molecule has 0 fully saturated rings. The van der Waals surface area contributed by atoms with Crippen LogP contribution in [0.5, 0.6) is 11.5 Å². The summed E-state index contributed by atoms with van der Waals surface area (Å²) in [7, 11) is 0. The number of carbonyl (C=O) groups excluding carboxylic acids is 1. The van der Waals surface area contributed by atoms with E-state index >= 15 is 0 Å². The fourth-order valence-corrected chi connectivity index (χ4v) is 3.78. The van der Waals surface area contributed by atoms with Crippen molar-refractivity contribution in [2.24, 2.45) is 4.99 Å². The summed E-state index contributed by atoms with van der Waals surface area (Å²) in [5.41, 5.74) is 2.75. The second-order valence-corrected chi connectivity index (χ2v) is 8.64. The predicted octanol–water partition coefficient (Wildman–Crippen LogP) is 6.53. The van der Waals surface area contributed by atoms with Crippen LogP contribution in [0.15, 0.2) is 86.4 Å². The van der Waals surface area contributed by atoms with Gasteiger partial charge in [0.15, 0.2) is 17.2 Å². The van der Waals surface area contributed by atoms with Gasteiger partial charge in [0.05, 0.1) is 12.2 Å². The van der Waals surface area contributed by atoms with Crippen molar-refractivity contribution in [1.29, 1.82) is 0 Å². The molecular formula is C25H19Br2NO4. The molecule has 1 aliphatic heterocycles. The molecular weight excluding hydrogens is 538 g/mol. The number of esters is 1. The minimum Gasteiger partial charge on any atom is -0.490 e. The number of hydrogen-bond donors (Lipinski definition) is 0. The van der Waals surface area contributed by atoms with Crippen LogP contribution in [0, 0.1) is 0 Å². The Bertz CT molecular complexity index is 1200. The second kappa shape index (κ2) is 10.1. The fraction of sp³-hybridized carbons (Fsp3) is 0.120. The van der Waals surface area contributed by atoms with Crippen molar-refractivity contribution in [3.63, 3.8) is 0 Å². The molecule has 32 heavy (non-hydrogen) atoms. The molecule has 0 N–H and O–H groups in total. The van der Waals surface area contributed by atoms with Crippen LogP contribution in [0.25, 0.3) is 6.08 Å². The molecule has 1 heterocycles. The maximum absolute atomic E-state index is 12.4. The van der Waals surface area contributed by atoms with E-state index in [-0.39, 0.29) is 11.6 Å². The molecule has 0 saturated carbocycles. The molecule has 3 aromatic carbocycles. The van der Waals surface area contributed by atoms with Gasteiger partial charge in [0, 0.05) is 8.95 Å². The van der Waals surface area contributed by atoms with Gasteiger partial charge in [-0.25, -0.2) is 9.79 Å². The quantitative estimate of drug-likeness (QED) is 0.245. The molecule has 7 heteroatoms. The molecule has 3 aromatic rings. The van der Waals surface area contributed by atoms with Crippen LogP contribution in [-0.2, 0) is 16.1 Å². The lowest BCUT2D eigenvalue weighted by atomic mass is 10.1. The van der Waals surface area contributed by atoms with E-state index in [1.165, 1.54) is 0 Å². The number of cyclic esters (lactones) is 1. The van der Waals surface area contributed by atoms with Crippen LogP contribution in [-0.4, -0.2) is 18.5 Å². The van der Waals surface area contributed by atoms with E-state index < -0.39 is 5.97 Å². The van der Waals surface area contributed by atoms with E-state index in [9.17, 15) is 4.79 Å². The Labute approximate surface area is 203 Å². The molecule has 0 unspecified atom stereocenters. The lowest BCUT2D eigenvalue weighted by Gasteiger charge is -2.13. The molecule has 4 rings (SSSR count). The predicted molar refractivity (Wildman–Crippen MR) is 131 cm³/mol. The highest BCUT2D eigenvalue weighted by Crippen LogP contribution is 2.31. The Morgan fingerprint density at radius 3 is 2.50 bits per heavy atom. The van der Waals surface area contributed by atoms with E-state index in [0.717, 1.165) is 25.6 Å². The first-order valence-corrected chi connectivity index (χ1v) is 11.5. The molecule has 0 aliphatic carbocycles. The van der Waals surface area contributed by atoms with Crippen LogP contribution >= 0.6 is 31.9 Å². The third-order valence-corrected chi connectivity index (χ3v) is 5.82. The third kappa shape index (κ3) is 5.29. The van der Waals surface area contributed by atoms with Crippen molar-refractivity contribution in [3.8, 4) is 11.5 Å². The van der Waals surface area contributed by atoms with Gasteiger partial charge in [0.2, 0.25) is 5.90 Å². The topological polar surface area (TPSA) is 57.1 Å². The summed E-state index contributed by atoms with van der Waals surface area (Å²) in [5.74, 6) is 1.00. The largest absolute Gasteiger partial charge is 0.490 e. The highest BCUT2D eigenvalue weighted by molar-refractivity contribution is 9.10. The second-order valence-electron chi connectivity index (χ2n) is 6.87. The maximum Gasteiger partial charge on any atom is 0.363 e. The van der Waals surface area contributed by atoms with Crippen molar-refractivity contribution in [1.82, 2.24) is 0 Å². The molecule has 0 aromatic heterocycles. The van der Waals surface area contributed by atoms with Gasteiger partial charge < -0.3 is 14.2 Å². The SMILES string of the molecule is CCOc1cc(/C=C2\N=C(c3ccccc3Br)OC2=O)ccc1OCc1ccc(Br)cc1. The Morgan fingerprint density at radius 2 is 1.75 bits per heavy atom. The van der Waals surface area contributed by atoms with Gasteiger partial charge in [-0.1, -0.05) is 46.3 Å². The summed E-state index contributed by atoms with van der Waals surface area (Å²) in [5, 5.41) is 0. The molecule has 0 amide bonds. The van der Waals surface area contributed by atoms with Crippen molar-refractivity contribution in [2.75, 3.05) is 6.61 Å². The smallest absolute Gasteiger partial charge is 0.363 e. The number of benzene rings is 3. The minimum absolute atomic E-state index is 0.224. The first-order valence-electron chi connectivity index (χ1n) is 9.95. The van der Waals surface area contributed by atoms with Crippen molar-refractivity contribution in [2.45, 2.75) is 13.5 Å². The lowest BCUT2D eigenvalue weighted by Crippen LogP contribution is -2.05. The highest BCUT2D eigenvalue weighted by Gasteiger charge is 2.25. The van der Waals surface area contributed by atoms with Gasteiger partial charge in [0.1, 0.15) is 6.61 Å². The molecule has 0 radical (unpaired) electrons. The highest BCUT2D eigenvalue weighted by atomic mass is 79.9. The van der Waals surface area contributed by atoms with Gasteiger partial charge in [-0.05, 0) is 76.5 Å². The molecule has 162 valence electrons. The van der Waals surface area contributed by atoms with Gasteiger partial charge in [-0.2, -0.15) is 0 Å². The van der Waals surface area contributed by atoms with Crippen molar-refractivity contribution < 1.29 is 19.0 Å². The normalized spacial score (nSPS) is 14.3. The Balaban J connectivity index is 1.56. The van der Waals surface area contributed by atoms with Crippen molar-refractivity contribution >= 4 is 49.8 Å². The van der Waals surface area contributed by atoms with E-state index in [4.69, 9.17) is 14.2 Å². The van der Waals surface area contributed by atoms with Gasteiger partial charge in [-0.3, -0.25) is 0 Å². The van der Waals surface area contributed by atoms with Crippen LogP contribution in [0.3, 0.4) is 0 Å². The van der Waals surface area contributed by atoms with Gasteiger partial charge >= 0.3 is 5.97 Å². The summed E-state index contributed by atoms with van der Waals surface area (Å²) in [6.07, 6.45) is 1.67. The summed E-state index contributed by atoms with van der Waals surface area (Å²) in [6.45, 7) is 2.81.